The lowest BCUT2D eigenvalue weighted by Gasteiger charge is -2.30. The lowest BCUT2D eigenvalue weighted by molar-refractivity contribution is 0.0643. The van der Waals surface area contributed by atoms with E-state index in [9.17, 15) is 4.79 Å². The Morgan fingerprint density at radius 2 is 2.20 bits per heavy atom. The van der Waals surface area contributed by atoms with Crippen molar-refractivity contribution in [3.05, 3.63) is 33.7 Å². The van der Waals surface area contributed by atoms with Crippen molar-refractivity contribution in [3.63, 3.8) is 0 Å². The Labute approximate surface area is 151 Å². The fourth-order valence-corrected chi connectivity index (χ4v) is 4.06. The minimum absolute atomic E-state index is 0.0148. The van der Waals surface area contributed by atoms with E-state index in [1.54, 1.807) is 12.3 Å². The number of hydrogen-bond donors (Lipinski definition) is 2. The topological polar surface area (TPSA) is 97.0 Å². The minimum Gasteiger partial charge on any atom is -0.384 e. The molecule has 3 N–H and O–H groups in total. The summed E-state index contributed by atoms with van der Waals surface area (Å²) in [6.45, 7) is 6.08. The number of carbonyl (C=O) groups excluding carboxylic acids is 1. The number of hydrogen-bond acceptors (Lipinski definition) is 7. The zero-order chi connectivity index (χ0) is 17.8. The largest absolute Gasteiger partial charge is 0.384 e. The Bertz CT molecular complexity index is 738. The zero-order valence-electron chi connectivity index (χ0n) is 14.7. The summed E-state index contributed by atoms with van der Waals surface area (Å²) in [5.74, 6) is 1.01. The highest BCUT2D eigenvalue weighted by atomic mass is 32.1. The Balaban J connectivity index is 1.90. The molecule has 7 nitrogen and oxygen atoms in total. The summed E-state index contributed by atoms with van der Waals surface area (Å²) in [4.78, 5) is 28.9. The van der Waals surface area contributed by atoms with Crippen LogP contribution in [0.3, 0.4) is 0 Å². The summed E-state index contributed by atoms with van der Waals surface area (Å²) in [7, 11) is 0. The summed E-state index contributed by atoms with van der Waals surface area (Å²) in [6, 6.07) is 1.82. The Morgan fingerprint density at radius 3 is 2.92 bits per heavy atom. The number of carbonyl (C=O) groups is 1. The summed E-state index contributed by atoms with van der Waals surface area (Å²) in [5, 5.41) is 4.31. The van der Waals surface area contributed by atoms with Gasteiger partial charge in [-0.1, -0.05) is 0 Å². The molecule has 3 heterocycles. The van der Waals surface area contributed by atoms with E-state index in [4.69, 9.17) is 5.73 Å². The first-order valence-corrected chi connectivity index (χ1v) is 9.39. The molecule has 0 aromatic carbocycles. The molecule has 25 heavy (non-hydrogen) atoms. The smallest absolute Gasteiger partial charge is 0.266 e. The number of nitrogens with one attached hydrogen (secondary N) is 1. The van der Waals surface area contributed by atoms with Crippen LogP contribution in [0.2, 0.25) is 0 Å². The van der Waals surface area contributed by atoms with Crippen molar-refractivity contribution in [2.24, 2.45) is 0 Å². The van der Waals surface area contributed by atoms with Gasteiger partial charge in [-0.2, -0.15) is 0 Å². The average molecular weight is 360 g/mol. The van der Waals surface area contributed by atoms with Crippen LogP contribution >= 0.6 is 11.3 Å². The number of thiazole rings is 1. The number of nitrogen functional groups attached to an aromatic ring is 1. The van der Waals surface area contributed by atoms with Crippen molar-refractivity contribution in [2.45, 2.75) is 45.7 Å². The van der Waals surface area contributed by atoms with Gasteiger partial charge in [-0.25, -0.2) is 15.0 Å². The van der Waals surface area contributed by atoms with Gasteiger partial charge in [0.2, 0.25) is 0 Å². The van der Waals surface area contributed by atoms with Gasteiger partial charge in [0.05, 0.1) is 17.2 Å². The lowest BCUT2D eigenvalue weighted by Crippen LogP contribution is -2.40. The van der Waals surface area contributed by atoms with Gasteiger partial charge < -0.3 is 16.0 Å². The number of nitrogens with zero attached hydrogens (tertiary/aromatic N) is 4. The third-order valence-electron chi connectivity index (χ3n) is 4.38. The SMILES string of the molecule is Cc1nc(C)c(C(=O)N(Cc2nccc(N)n2)C2CCCNCC2)s1. The molecule has 2 aromatic heterocycles. The van der Waals surface area contributed by atoms with Crippen LogP contribution < -0.4 is 11.1 Å². The second-order valence-electron chi connectivity index (χ2n) is 6.31. The molecular weight excluding hydrogens is 336 g/mol. The van der Waals surface area contributed by atoms with Crippen LogP contribution in [0.1, 0.15) is 45.5 Å². The van der Waals surface area contributed by atoms with Crippen LogP contribution in [-0.4, -0.2) is 44.9 Å². The Hall–Kier alpha value is -2.06. The molecule has 0 bridgehead atoms. The number of aryl methyl sites for hydroxylation is 2. The molecule has 0 spiro atoms. The van der Waals surface area contributed by atoms with Crippen molar-refractivity contribution < 1.29 is 4.79 Å². The molecular formula is C17H24N6OS. The minimum atomic E-state index is 0.0148. The summed E-state index contributed by atoms with van der Waals surface area (Å²) >= 11 is 1.45. The summed E-state index contributed by atoms with van der Waals surface area (Å²) < 4.78 is 0. The van der Waals surface area contributed by atoms with Crippen molar-refractivity contribution in [1.82, 2.24) is 25.2 Å². The highest BCUT2D eigenvalue weighted by molar-refractivity contribution is 7.13. The zero-order valence-corrected chi connectivity index (χ0v) is 15.5. The first kappa shape index (κ1) is 17.8. The molecule has 8 heteroatoms. The number of nitrogens with two attached hydrogens (primary N) is 1. The van der Waals surface area contributed by atoms with Gasteiger partial charge in [-0.05, 0) is 52.3 Å². The lowest BCUT2D eigenvalue weighted by atomic mass is 10.1. The predicted octanol–water partition coefficient (Wildman–Crippen LogP) is 1.92. The van der Waals surface area contributed by atoms with Gasteiger partial charge in [0.15, 0.2) is 0 Å². The van der Waals surface area contributed by atoms with E-state index in [0.29, 0.717) is 23.1 Å². The quantitative estimate of drug-likeness (QED) is 0.864. The molecule has 134 valence electrons. The van der Waals surface area contributed by atoms with E-state index < -0.39 is 0 Å². The van der Waals surface area contributed by atoms with E-state index in [1.165, 1.54) is 11.3 Å². The molecule has 3 rings (SSSR count). The highest BCUT2D eigenvalue weighted by Crippen LogP contribution is 2.24. The molecule has 0 aliphatic carbocycles. The maximum Gasteiger partial charge on any atom is 0.266 e. The number of anilines is 1. The van der Waals surface area contributed by atoms with Crippen LogP contribution in [0.5, 0.6) is 0 Å². The molecule has 2 aromatic rings. The second kappa shape index (κ2) is 7.88. The highest BCUT2D eigenvalue weighted by Gasteiger charge is 2.29. The van der Waals surface area contributed by atoms with Gasteiger partial charge in [-0.3, -0.25) is 4.79 Å². The first-order chi connectivity index (χ1) is 12.0. The molecule has 1 unspecified atom stereocenters. The molecule has 1 amide bonds. The van der Waals surface area contributed by atoms with Crippen molar-refractivity contribution >= 4 is 23.1 Å². The fraction of sp³-hybridized carbons (Fsp3) is 0.529. The van der Waals surface area contributed by atoms with Crippen LogP contribution in [-0.2, 0) is 6.54 Å². The maximum absolute atomic E-state index is 13.3. The number of rotatable bonds is 4. The monoisotopic (exact) mass is 360 g/mol. The molecule has 1 aliphatic rings. The third-order valence-corrected chi connectivity index (χ3v) is 5.44. The van der Waals surface area contributed by atoms with Crippen molar-refractivity contribution in [2.75, 3.05) is 18.8 Å². The van der Waals surface area contributed by atoms with E-state index >= 15 is 0 Å². The molecule has 1 fully saturated rings. The van der Waals surface area contributed by atoms with Crippen LogP contribution in [0, 0.1) is 13.8 Å². The van der Waals surface area contributed by atoms with E-state index in [-0.39, 0.29) is 11.9 Å². The Kier molecular flexibility index (Phi) is 5.60. The predicted molar refractivity (Wildman–Crippen MR) is 98.4 cm³/mol. The van der Waals surface area contributed by atoms with E-state index in [2.05, 4.69) is 20.3 Å². The fourth-order valence-electron chi connectivity index (χ4n) is 3.18. The molecule has 0 saturated carbocycles. The van der Waals surface area contributed by atoms with Gasteiger partial charge in [0.1, 0.15) is 16.5 Å². The normalized spacial score (nSPS) is 17.9. The molecule has 1 atom stereocenters. The van der Waals surface area contributed by atoms with Gasteiger partial charge in [0.25, 0.3) is 5.91 Å². The first-order valence-electron chi connectivity index (χ1n) is 8.57. The third kappa shape index (κ3) is 4.32. The second-order valence-corrected chi connectivity index (χ2v) is 7.52. The summed E-state index contributed by atoms with van der Waals surface area (Å²) in [6.07, 6.45) is 4.58. The van der Waals surface area contributed by atoms with E-state index in [0.717, 1.165) is 43.1 Å². The number of aromatic nitrogens is 3. The van der Waals surface area contributed by atoms with Crippen LogP contribution in [0.4, 0.5) is 5.82 Å². The molecule has 1 saturated heterocycles. The van der Waals surface area contributed by atoms with Crippen molar-refractivity contribution in [1.29, 1.82) is 0 Å². The van der Waals surface area contributed by atoms with Gasteiger partial charge in [0, 0.05) is 12.2 Å². The van der Waals surface area contributed by atoms with E-state index in [1.807, 2.05) is 18.7 Å². The standard InChI is InChI=1S/C17H24N6OS/c1-11-16(25-12(2)21-11)17(24)23(13-4-3-7-19-8-5-13)10-15-20-9-6-14(18)22-15/h6,9,13,19H,3-5,7-8,10H2,1-2H3,(H2,18,20,22). The van der Waals surface area contributed by atoms with Gasteiger partial charge >= 0.3 is 0 Å². The van der Waals surface area contributed by atoms with Crippen LogP contribution in [0.25, 0.3) is 0 Å². The summed E-state index contributed by atoms with van der Waals surface area (Å²) in [5.41, 5.74) is 6.57. The molecule has 0 radical (unpaired) electrons. The van der Waals surface area contributed by atoms with Gasteiger partial charge in [-0.15, -0.1) is 11.3 Å². The average Bonchev–Trinajstić information content (AvgIpc) is 2.78. The molecule has 1 aliphatic heterocycles. The number of amides is 1. The maximum atomic E-state index is 13.3. The van der Waals surface area contributed by atoms with Crippen molar-refractivity contribution in [3.8, 4) is 0 Å². The van der Waals surface area contributed by atoms with Crippen LogP contribution in [0.15, 0.2) is 12.3 Å². The Morgan fingerprint density at radius 1 is 1.36 bits per heavy atom.